The van der Waals surface area contributed by atoms with Gasteiger partial charge in [0, 0.05) is 23.1 Å². The Morgan fingerprint density at radius 3 is 2.79 bits per heavy atom. The second-order valence-corrected chi connectivity index (χ2v) is 5.71. The molecule has 114 valence electrons. The molecule has 2 unspecified atom stereocenters. The summed E-state index contributed by atoms with van der Waals surface area (Å²) in [6, 6.07) is 17.3. The molecule has 0 saturated heterocycles. The van der Waals surface area contributed by atoms with E-state index >= 15 is 0 Å². The number of rotatable bonds is 1. The summed E-state index contributed by atoms with van der Waals surface area (Å²) in [4.78, 5) is 3.14. The van der Waals surface area contributed by atoms with Gasteiger partial charge in [0.25, 0.3) is 0 Å². The Hall–Kier alpha value is -3.57. The molecule has 3 aromatic rings. The summed E-state index contributed by atoms with van der Waals surface area (Å²) >= 11 is 0. The van der Waals surface area contributed by atoms with Crippen LogP contribution >= 0.6 is 0 Å². The summed E-state index contributed by atoms with van der Waals surface area (Å²) in [5, 5.41) is 27.9. The molecule has 5 heteroatoms. The standard InChI is InChI=1S/C19H12N4O/c20-9-11-2-1-3-13(8-11)16-14-5-4-12-6-7-23-17(12)18(14)24-19(22)15(16)10-21/h1-8,15-16,22-23H. The van der Waals surface area contributed by atoms with Gasteiger partial charge in [-0.15, -0.1) is 0 Å². The molecule has 2 atom stereocenters. The Labute approximate surface area is 138 Å². The maximum Gasteiger partial charge on any atom is 0.205 e. The zero-order chi connectivity index (χ0) is 16.7. The number of H-pyrrole nitrogens is 1. The van der Waals surface area contributed by atoms with Crippen LogP contribution in [0.2, 0.25) is 0 Å². The fourth-order valence-electron chi connectivity index (χ4n) is 3.28. The van der Waals surface area contributed by atoms with Gasteiger partial charge < -0.3 is 9.72 Å². The Balaban J connectivity index is 1.99. The summed E-state index contributed by atoms with van der Waals surface area (Å²) in [6.45, 7) is 0. The molecular formula is C19H12N4O. The SMILES string of the molecule is N#Cc1cccc(C2c3ccc4cc[nH]c4c3OC(=N)C2C#N)c1. The van der Waals surface area contributed by atoms with E-state index < -0.39 is 5.92 Å². The number of nitrogens with zero attached hydrogens (tertiary/aromatic N) is 2. The van der Waals surface area contributed by atoms with E-state index in [0.29, 0.717) is 11.3 Å². The van der Waals surface area contributed by atoms with Crippen molar-refractivity contribution in [2.45, 2.75) is 5.92 Å². The van der Waals surface area contributed by atoms with Crippen LogP contribution in [0.15, 0.2) is 48.7 Å². The average molecular weight is 312 g/mol. The van der Waals surface area contributed by atoms with Crippen molar-refractivity contribution in [1.82, 2.24) is 4.98 Å². The minimum atomic E-state index is -0.723. The van der Waals surface area contributed by atoms with Crippen molar-refractivity contribution in [3.8, 4) is 17.9 Å². The maximum atomic E-state index is 9.57. The van der Waals surface area contributed by atoms with Crippen molar-refractivity contribution in [2.75, 3.05) is 0 Å². The molecule has 0 fully saturated rings. The summed E-state index contributed by atoms with van der Waals surface area (Å²) in [5.74, 6) is -0.549. The lowest BCUT2D eigenvalue weighted by molar-refractivity contribution is 0.454. The van der Waals surface area contributed by atoms with Gasteiger partial charge in [0.15, 0.2) is 5.75 Å². The van der Waals surface area contributed by atoms with Crippen molar-refractivity contribution < 1.29 is 4.74 Å². The number of nitriles is 2. The molecule has 0 saturated carbocycles. The van der Waals surface area contributed by atoms with E-state index in [1.54, 1.807) is 18.2 Å². The smallest absolute Gasteiger partial charge is 0.205 e. The molecular weight excluding hydrogens is 300 g/mol. The number of fused-ring (bicyclic) bond motifs is 3. The van der Waals surface area contributed by atoms with Crippen LogP contribution in [0.25, 0.3) is 10.9 Å². The highest BCUT2D eigenvalue weighted by Crippen LogP contribution is 2.44. The summed E-state index contributed by atoms with van der Waals surface area (Å²) in [6.07, 6.45) is 1.82. The fourth-order valence-corrected chi connectivity index (χ4v) is 3.28. The van der Waals surface area contributed by atoms with E-state index in [9.17, 15) is 5.26 Å². The first-order valence-corrected chi connectivity index (χ1v) is 7.49. The quantitative estimate of drug-likeness (QED) is 0.717. The predicted molar refractivity (Wildman–Crippen MR) is 88.8 cm³/mol. The molecule has 2 N–H and O–H groups in total. The Morgan fingerprint density at radius 1 is 1.12 bits per heavy atom. The summed E-state index contributed by atoms with van der Waals surface area (Å²) < 4.78 is 5.68. The molecule has 0 bridgehead atoms. The highest BCUT2D eigenvalue weighted by Gasteiger charge is 2.37. The van der Waals surface area contributed by atoms with Gasteiger partial charge in [-0.25, -0.2) is 0 Å². The first-order chi connectivity index (χ1) is 11.7. The van der Waals surface area contributed by atoms with Gasteiger partial charge in [-0.05, 0) is 23.8 Å². The molecule has 0 amide bonds. The minimum absolute atomic E-state index is 0.0699. The lowest BCUT2D eigenvalue weighted by atomic mass is 9.78. The van der Waals surface area contributed by atoms with Gasteiger partial charge in [0.2, 0.25) is 5.90 Å². The van der Waals surface area contributed by atoms with Crippen LogP contribution in [0.1, 0.15) is 22.6 Å². The Kier molecular flexibility index (Phi) is 3.08. The van der Waals surface area contributed by atoms with E-state index in [0.717, 1.165) is 22.0 Å². The van der Waals surface area contributed by atoms with Crippen molar-refractivity contribution in [3.05, 3.63) is 65.4 Å². The monoisotopic (exact) mass is 312 g/mol. The number of aromatic nitrogens is 1. The van der Waals surface area contributed by atoms with Crippen LogP contribution in [0, 0.1) is 34.0 Å². The highest BCUT2D eigenvalue weighted by atomic mass is 16.5. The number of hydrogen-bond acceptors (Lipinski definition) is 4. The number of nitrogens with one attached hydrogen (secondary N) is 2. The first kappa shape index (κ1) is 14.0. The predicted octanol–water partition coefficient (Wildman–Crippen LogP) is 3.68. The van der Waals surface area contributed by atoms with E-state index in [4.69, 9.17) is 15.4 Å². The largest absolute Gasteiger partial charge is 0.440 e. The van der Waals surface area contributed by atoms with Crippen LogP contribution in [0.5, 0.6) is 5.75 Å². The molecule has 0 radical (unpaired) electrons. The molecule has 2 aromatic carbocycles. The van der Waals surface area contributed by atoms with Crippen molar-refractivity contribution in [3.63, 3.8) is 0 Å². The molecule has 1 aliphatic heterocycles. The first-order valence-electron chi connectivity index (χ1n) is 7.49. The molecule has 5 nitrogen and oxygen atoms in total. The third-order valence-corrected chi connectivity index (χ3v) is 4.39. The number of benzene rings is 2. The third-order valence-electron chi connectivity index (χ3n) is 4.39. The van der Waals surface area contributed by atoms with Gasteiger partial charge >= 0.3 is 0 Å². The summed E-state index contributed by atoms with van der Waals surface area (Å²) in [7, 11) is 0. The molecule has 0 spiro atoms. The summed E-state index contributed by atoms with van der Waals surface area (Å²) in [5.41, 5.74) is 3.03. The second-order valence-electron chi connectivity index (χ2n) is 5.71. The maximum absolute atomic E-state index is 9.57. The van der Waals surface area contributed by atoms with Crippen LogP contribution in [-0.4, -0.2) is 10.9 Å². The lowest BCUT2D eigenvalue weighted by Crippen LogP contribution is -2.31. The molecule has 1 aliphatic rings. The van der Waals surface area contributed by atoms with Gasteiger partial charge in [-0.3, -0.25) is 5.41 Å². The van der Waals surface area contributed by atoms with Crippen LogP contribution in [0.4, 0.5) is 0 Å². The van der Waals surface area contributed by atoms with Gasteiger partial charge in [-0.1, -0.05) is 24.3 Å². The lowest BCUT2D eigenvalue weighted by Gasteiger charge is -2.30. The normalized spacial score (nSPS) is 19.2. The topological polar surface area (TPSA) is 96.4 Å². The number of aromatic amines is 1. The van der Waals surface area contributed by atoms with Gasteiger partial charge in [-0.2, -0.15) is 10.5 Å². The van der Waals surface area contributed by atoms with Crippen molar-refractivity contribution in [1.29, 1.82) is 15.9 Å². The van der Waals surface area contributed by atoms with Crippen molar-refractivity contribution in [2.24, 2.45) is 5.92 Å². The molecule has 4 rings (SSSR count). The molecule has 1 aromatic heterocycles. The van der Waals surface area contributed by atoms with E-state index in [1.165, 1.54) is 0 Å². The van der Waals surface area contributed by atoms with E-state index in [-0.39, 0.29) is 11.8 Å². The van der Waals surface area contributed by atoms with Gasteiger partial charge in [0.05, 0.1) is 23.2 Å². The van der Waals surface area contributed by atoms with Gasteiger partial charge in [0.1, 0.15) is 5.92 Å². The van der Waals surface area contributed by atoms with E-state index in [1.807, 2.05) is 30.5 Å². The number of ether oxygens (including phenoxy) is 1. The second kappa shape index (κ2) is 5.26. The Bertz CT molecular complexity index is 1050. The number of hydrogen-bond donors (Lipinski definition) is 2. The molecule has 2 heterocycles. The van der Waals surface area contributed by atoms with Crippen LogP contribution in [0.3, 0.4) is 0 Å². The average Bonchev–Trinajstić information content (AvgIpc) is 3.09. The van der Waals surface area contributed by atoms with Crippen LogP contribution < -0.4 is 4.74 Å². The zero-order valence-electron chi connectivity index (χ0n) is 12.6. The third kappa shape index (κ3) is 1.96. The highest BCUT2D eigenvalue weighted by molar-refractivity contribution is 5.94. The molecule has 24 heavy (non-hydrogen) atoms. The molecule has 0 aliphatic carbocycles. The minimum Gasteiger partial charge on any atom is -0.440 e. The van der Waals surface area contributed by atoms with Crippen molar-refractivity contribution >= 4 is 16.8 Å². The van der Waals surface area contributed by atoms with Crippen LogP contribution in [-0.2, 0) is 0 Å². The zero-order valence-corrected chi connectivity index (χ0v) is 12.6. The fraction of sp³-hybridized carbons (Fsp3) is 0.105. The Morgan fingerprint density at radius 2 is 2.00 bits per heavy atom. The van der Waals surface area contributed by atoms with E-state index in [2.05, 4.69) is 17.1 Å².